The van der Waals surface area contributed by atoms with Crippen molar-refractivity contribution in [2.45, 2.75) is 25.2 Å². The second-order valence-corrected chi connectivity index (χ2v) is 8.81. The number of phenolic OH excluding ortho intramolecular Hbond substituents is 1. The molecule has 0 aliphatic heterocycles. The second-order valence-electron chi connectivity index (χ2n) is 8.81. The zero-order valence-corrected chi connectivity index (χ0v) is 19.9. The number of ether oxygens (including phenoxy) is 1. The SMILES string of the molecule is NCCNC(c1ccncc1)c1c(O)c2c(c3occ(C(=O)O)c13)C=CC(OCc1ccc(F)cc1)C2. The number of pyridine rings is 1. The number of benzene rings is 2. The summed E-state index contributed by atoms with van der Waals surface area (Å²) < 4.78 is 25.1. The van der Waals surface area contributed by atoms with Crippen molar-refractivity contribution in [1.82, 2.24) is 10.3 Å². The van der Waals surface area contributed by atoms with E-state index in [9.17, 15) is 19.4 Å². The predicted molar refractivity (Wildman–Crippen MR) is 136 cm³/mol. The topological polar surface area (TPSA) is 131 Å². The number of furan rings is 1. The summed E-state index contributed by atoms with van der Waals surface area (Å²) in [5, 5.41) is 25.2. The molecular weight excluding hydrogens is 477 g/mol. The number of aromatic carboxylic acids is 1. The molecule has 190 valence electrons. The van der Waals surface area contributed by atoms with Crippen LogP contribution in [0.4, 0.5) is 4.39 Å². The van der Waals surface area contributed by atoms with E-state index in [1.165, 1.54) is 18.4 Å². The van der Waals surface area contributed by atoms with E-state index in [0.29, 0.717) is 47.2 Å². The molecule has 5 rings (SSSR count). The van der Waals surface area contributed by atoms with Gasteiger partial charge in [0.1, 0.15) is 29.0 Å². The lowest BCUT2D eigenvalue weighted by atomic mass is 9.85. The summed E-state index contributed by atoms with van der Waals surface area (Å²) >= 11 is 0. The maximum atomic E-state index is 13.2. The van der Waals surface area contributed by atoms with Crippen LogP contribution in [-0.2, 0) is 17.8 Å². The predicted octanol–water partition coefficient (Wildman–Crippen LogP) is 4.16. The molecule has 2 heterocycles. The number of aromatic hydroxyl groups is 1. The first-order valence-electron chi connectivity index (χ1n) is 11.9. The summed E-state index contributed by atoms with van der Waals surface area (Å²) in [7, 11) is 0. The molecule has 0 amide bonds. The van der Waals surface area contributed by atoms with Crippen molar-refractivity contribution in [1.29, 1.82) is 0 Å². The Morgan fingerprint density at radius 3 is 2.70 bits per heavy atom. The van der Waals surface area contributed by atoms with Gasteiger partial charge < -0.3 is 30.4 Å². The van der Waals surface area contributed by atoms with Crippen molar-refractivity contribution in [2.75, 3.05) is 13.1 Å². The Balaban J connectivity index is 1.60. The number of phenols is 1. The first-order valence-corrected chi connectivity index (χ1v) is 11.9. The number of carboxylic acid groups (broad SMARTS) is 1. The number of hydrogen-bond acceptors (Lipinski definition) is 7. The minimum atomic E-state index is -1.16. The normalized spacial score (nSPS) is 15.6. The fraction of sp³-hybridized carbons (Fsp3) is 0.214. The molecule has 0 radical (unpaired) electrons. The fourth-order valence-electron chi connectivity index (χ4n) is 4.73. The van der Waals surface area contributed by atoms with Crippen molar-refractivity contribution in [3.05, 3.63) is 100 Å². The van der Waals surface area contributed by atoms with Crippen LogP contribution in [0.25, 0.3) is 17.0 Å². The molecule has 5 N–H and O–H groups in total. The molecule has 1 aliphatic rings. The molecular formula is C28H26FN3O5. The standard InChI is InChI=1S/C28H26FN3O5/c29-18-3-1-16(2-4-18)14-36-19-5-6-20-21(13-19)26(33)24(23-22(28(34)35)15-37-27(20)23)25(32-12-9-30)17-7-10-31-11-8-17/h1-8,10-11,15,19,25,32-33H,9,12-14,30H2,(H,34,35). The molecule has 8 nitrogen and oxygen atoms in total. The summed E-state index contributed by atoms with van der Waals surface area (Å²) in [5.41, 5.74) is 9.30. The smallest absolute Gasteiger partial charge is 0.339 e. The third kappa shape index (κ3) is 4.84. The van der Waals surface area contributed by atoms with E-state index >= 15 is 0 Å². The van der Waals surface area contributed by atoms with Crippen LogP contribution in [0.2, 0.25) is 0 Å². The van der Waals surface area contributed by atoms with Gasteiger partial charge in [-0.15, -0.1) is 0 Å². The van der Waals surface area contributed by atoms with Crippen LogP contribution in [0.3, 0.4) is 0 Å². The second kappa shape index (κ2) is 10.5. The number of nitrogens with one attached hydrogen (secondary N) is 1. The van der Waals surface area contributed by atoms with Gasteiger partial charge in [-0.2, -0.15) is 0 Å². The minimum Gasteiger partial charge on any atom is -0.507 e. The lowest BCUT2D eigenvalue weighted by Gasteiger charge is -2.27. The van der Waals surface area contributed by atoms with Crippen molar-refractivity contribution in [3.63, 3.8) is 0 Å². The molecule has 0 spiro atoms. The van der Waals surface area contributed by atoms with Crippen molar-refractivity contribution < 1.29 is 28.6 Å². The van der Waals surface area contributed by atoms with Gasteiger partial charge >= 0.3 is 5.97 Å². The van der Waals surface area contributed by atoms with Crippen LogP contribution in [-0.4, -0.2) is 40.4 Å². The van der Waals surface area contributed by atoms with Crippen molar-refractivity contribution >= 4 is 23.0 Å². The first-order chi connectivity index (χ1) is 18.0. The first kappa shape index (κ1) is 24.6. The quantitative estimate of drug-likeness (QED) is 0.268. The lowest BCUT2D eigenvalue weighted by molar-refractivity contribution is 0.0697. The summed E-state index contributed by atoms with van der Waals surface area (Å²) in [6, 6.07) is 9.11. The van der Waals surface area contributed by atoms with Gasteiger partial charge in [-0.3, -0.25) is 4.98 Å². The van der Waals surface area contributed by atoms with E-state index in [1.54, 1.807) is 42.7 Å². The van der Waals surface area contributed by atoms with Crippen molar-refractivity contribution in [2.24, 2.45) is 5.73 Å². The molecule has 0 bridgehead atoms. The Bertz CT molecular complexity index is 1450. The third-order valence-corrected chi connectivity index (χ3v) is 6.48. The highest BCUT2D eigenvalue weighted by Gasteiger charge is 2.32. The van der Waals surface area contributed by atoms with Gasteiger partial charge in [0.25, 0.3) is 0 Å². The van der Waals surface area contributed by atoms with E-state index in [1.807, 2.05) is 6.08 Å². The number of rotatable bonds is 9. The average Bonchev–Trinajstić information content (AvgIpc) is 3.36. The van der Waals surface area contributed by atoms with Crippen LogP contribution < -0.4 is 11.1 Å². The molecule has 4 aromatic rings. The molecule has 0 fully saturated rings. The summed E-state index contributed by atoms with van der Waals surface area (Å²) in [5.74, 6) is -1.51. The van der Waals surface area contributed by atoms with Gasteiger partial charge in [-0.05, 0) is 35.4 Å². The summed E-state index contributed by atoms with van der Waals surface area (Å²) in [4.78, 5) is 16.2. The van der Waals surface area contributed by atoms with Crippen LogP contribution in [0.5, 0.6) is 5.75 Å². The monoisotopic (exact) mass is 503 g/mol. The van der Waals surface area contributed by atoms with Gasteiger partial charge in [0.2, 0.25) is 0 Å². The number of carboxylic acids is 1. The minimum absolute atomic E-state index is 0.0301. The molecule has 1 aliphatic carbocycles. The van der Waals surface area contributed by atoms with Gasteiger partial charge in [-0.1, -0.05) is 24.3 Å². The molecule has 9 heteroatoms. The fourth-order valence-corrected chi connectivity index (χ4v) is 4.73. The van der Waals surface area contributed by atoms with Crippen LogP contribution >= 0.6 is 0 Å². The number of aromatic nitrogens is 1. The number of nitrogens with two attached hydrogens (primary N) is 1. The molecule has 37 heavy (non-hydrogen) atoms. The average molecular weight is 504 g/mol. The number of nitrogens with zero attached hydrogens (tertiary/aromatic N) is 1. The molecule has 2 atom stereocenters. The van der Waals surface area contributed by atoms with E-state index in [0.717, 1.165) is 11.1 Å². The number of carbonyl (C=O) groups is 1. The Kier molecular flexibility index (Phi) is 7.00. The molecule has 0 saturated carbocycles. The van der Waals surface area contributed by atoms with Gasteiger partial charge in [-0.25, -0.2) is 9.18 Å². The maximum Gasteiger partial charge on any atom is 0.339 e. The molecule has 0 saturated heterocycles. The number of fused-ring (bicyclic) bond motifs is 3. The van der Waals surface area contributed by atoms with Gasteiger partial charge in [0.15, 0.2) is 0 Å². The van der Waals surface area contributed by atoms with Crippen LogP contribution in [0.1, 0.15) is 44.2 Å². The number of halogens is 1. The Labute approximate surface area is 212 Å². The maximum absolute atomic E-state index is 13.2. The van der Waals surface area contributed by atoms with E-state index in [4.69, 9.17) is 14.9 Å². The highest BCUT2D eigenvalue weighted by atomic mass is 19.1. The van der Waals surface area contributed by atoms with Gasteiger partial charge in [0, 0.05) is 54.0 Å². The summed E-state index contributed by atoms with van der Waals surface area (Å²) in [6.45, 7) is 1.03. The highest BCUT2D eigenvalue weighted by Crippen LogP contribution is 2.45. The Morgan fingerprint density at radius 2 is 2.00 bits per heavy atom. The third-order valence-electron chi connectivity index (χ3n) is 6.48. The molecule has 2 aromatic carbocycles. The highest BCUT2D eigenvalue weighted by molar-refractivity contribution is 6.07. The summed E-state index contributed by atoms with van der Waals surface area (Å²) in [6.07, 6.45) is 8.07. The van der Waals surface area contributed by atoms with Crippen LogP contribution in [0, 0.1) is 5.82 Å². The zero-order chi connectivity index (χ0) is 25.9. The number of hydrogen-bond donors (Lipinski definition) is 4. The molecule has 2 unspecified atom stereocenters. The van der Waals surface area contributed by atoms with Crippen molar-refractivity contribution in [3.8, 4) is 5.75 Å². The Morgan fingerprint density at radius 1 is 1.24 bits per heavy atom. The largest absolute Gasteiger partial charge is 0.507 e. The molecule has 2 aromatic heterocycles. The van der Waals surface area contributed by atoms with Gasteiger partial charge in [0.05, 0.1) is 18.8 Å². The lowest BCUT2D eigenvalue weighted by Crippen LogP contribution is -2.29. The van der Waals surface area contributed by atoms with Crippen LogP contribution in [0.15, 0.2) is 65.5 Å². The van der Waals surface area contributed by atoms with E-state index < -0.39 is 12.0 Å². The Hall–Kier alpha value is -4.05. The van der Waals surface area contributed by atoms with E-state index in [2.05, 4.69) is 10.3 Å². The van der Waals surface area contributed by atoms with E-state index in [-0.39, 0.29) is 29.8 Å². The zero-order valence-electron chi connectivity index (χ0n) is 19.9.